The van der Waals surface area contributed by atoms with Crippen LogP contribution in [0.25, 0.3) is 30.4 Å². The van der Waals surface area contributed by atoms with Crippen molar-refractivity contribution < 1.29 is 0 Å². The SMILES string of the molecule is CC.CC.[C-]#[N+]c1c(C(C)(C)C)nn(-c2nc3ccccc3s2)c1N=Nc1c(C)cc(N(c2nc3ccccc3s2)c2c(CC)cc(C)cc2CC)nc1Nc1c(CC)cc(C)cc1CC. The van der Waals surface area contributed by atoms with E-state index in [1.54, 1.807) is 16.0 Å². The van der Waals surface area contributed by atoms with Crippen molar-refractivity contribution >= 4 is 88.4 Å². The molecule has 66 heavy (non-hydrogen) atoms. The van der Waals surface area contributed by atoms with Gasteiger partial charge < -0.3 is 5.32 Å². The number of fused-ring (bicyclic) bond motifs is 2. The van der Waals surface area contributed by atoms with Crippen molar-refractivity contribution in [2.24, 2.45) is 10.2 Å². The maximum atomic E-state index is 8.39. The summed E-state index contributed by atoms with van der Waals surface area (Å²) in [6, 6.07) is 27.4. The highest BCUT2D eigenvalue weighted by molar-refractivity contribution is 7.22. The van der Waals surface area contributed by atoms with E-state index in [9.17, 15) is 0 Å². The van der Waals surface area contributed by atoms with Gasteiger partial charge in [-0.15, -0.1) is 10.2 Å². The van der Waals surface area contributed by atoms with Gasteiger partial charge in [0, 0.05) is 5.69 Å². The standard InChI is InChI=1S/C50H52N10S2.2C2H6/c1-12-32-24-29(5)25-33(13-2)42(32)55-46-41(56-57-47-43(51-11)45(50(8,9)10)58-60(47)49-53-37-21-17-19-23-39(37)62-49)31(7)28-40(54-46)59(48-52-36-20-16-18-22-38(36)61-48)44-34(14-3)26-30(6)27-35(44)15-4;2*1-2/h16-28H,12-15H2,1-10H3,(H,54,55);2*1-2H3. The monoisotopic (exact) mass is 916 g/mol. The number of benzene rings is 4. The number of nitrogens with one attached hydrogen (secondary N) is 1. The summed E-state index contributed by atoms with van der Waals surface area (Å²) in [6.45, 7) is 37.7. The smallest absolute Gasteiger partial charge is 0.255 e. The Morgan fingerprint density at radius 1 is 0.697 bits per heavy atom. The summed E-state index contributed by atoms with van der Waals surface area (Å²) in [5.74, 6) is 1.60. The Hall–Kier alpha value is -6.29. The van der Waals surface area contributed by atoms with E-state index in [1.165, 1.54) is 44.7 Å². The third-order valence-electron chi connectivity index (χ3n) is 11.1. The second kappa shape index (κ2) is 21.3. The number of aromatic nitrogens is 5. The summed E-state index contributed by atoms with van der Waals surface area (Å²) in [4.78, 5) is 22.0. The first-order chi connectivity index (χ1) is 31.8. The number of nitrogens with zero attached hydrogens (tertiary/aromatic N) is 9. The molecule has 0 unspecified atom stereocenters. The maximum Gasteiger partial charge on any atom is 0.255 e. The van der Waals surface area contributed by atoms with Gasteiger partial charge >= 0.3 is 0 Å². The molecule has 0 aliphatic heterocycles. The van der Waals surface area contributed by atoms with Gasteiger partial charge in [-0.25, -0.2) is 19.8 Å². The molecule has 0 saturated heterocycles. The van der Waals surface area contributed by atoms with Crippen LogP contribution in [0.1, 0.15) is 121 Å². The van der Waals surface area contributed by atoms with Crippen LogP contribution in [-0.4, -0.2) is 24.7 Å². The molecule has 10 nitrogen and oxygen atoms in total. The van der Waals surface area contributed by atoms with Crippen molar-refractivity contribution in [1.29, 1.82) is 0 Å². The first-order valence-electron chi connectivity index (χ1n) is 23.3. The second-order valence-electron chi connectivity index (χ2n) is 16.7. The minimum atomic E-state index is -0.439. The Balaban J connectivity index is 0.00000175. The zero-order valence-corrected chi connectivity index (χ0v) is 42.8. The highest BCUT2D eigenvalue weighted by atomic mass is 32.1. The normalized spacial score (nSPS) is 11.3. The van der Waals surface area contributed by atoms with Gasteiger partial charge in [0.15, 0.2) is 16.8 Å². The van der Waals surface area contributed by atoms with Crippen molar-refractivity contribution in [2.75, 3.05) is 10.2 Å². The molecule has 4 aromatic heterocycles. The van der Waals surface area contributed by atoms with E-state index in [-0.39, 0.29) is 0 Å². The van der Waals surface area contributed by atoms with Gasteiger partial charge in [-0.1, -0.05) is 158 Å². The number of azo groups is 1. The van der Waals surface area contributed by atoms with Crippen LogP contribution in [0.2, 0.25) is 0 Å². The third-order valence-corrected chi connectivity index (χ3v) is 13.1. The lowest BCUT2D eigenvalue weighted by Crippen LogP contribution is -2.17. The topological polar surface area (TPSA) is 101 Å². The number of rotatable bonds is 12. The predicted molar refractivity (Wildman–Crippen MR) is 282 cm³/mol. The Morgan fingerprint density at radius 2 is 1.23 bits per heavy atom. The van der Waals surface area contributed by atoms with Gasteiger partial charge in [-0.05, 0) is 110 Å². The third kappa shape index (κ3) is 9.93. The summed E-state index contributed by atoms with van der Waals surface area (Å²) in [5, 5.41) is 20.3. The first kappa shape index (κ1) is 49.2. The lowest BCUT2D eigenvalue weighted by atomic mass is 9.91. The minimum absolute atomic E-state index is 0.327. The Morgan fingerprint density at radius 3 is 1.74 bits per heavy atom. The van der Waals surface area contributed by atoms with E-state index >= 15 is 0 Å². The van der Waals surface area contributed by atoms with Gasteiger partial charge in [-0.3, -0.25) is 4.90 Å². The molecule has 8 rings (SSSR count). The van der Waals surface area contributed by atoms with Crippen molar-refractivity contribution in [2.45, 2.75) is 128 Å². The molecule has 342 valence electrons. The molecule has 8 aromatic rings. The molecule has 0 saturated carbocycles. The zero-order chi connectivity index (χ0) is 47.9. The lowest BCUT2D eigenvalue weighted by Gasteiger charge is -2.28. The van der Waals surface area contributed by atoms with Gasteiger partial charge in [0.1, 0.15) is 11.5 Å². The average molecular weight is 917 g/mol. The molecule has 1 N–H and O–H groups in total. The second-order valence-corrected chi connectivity index (χ2v) is 18.7. The van der Waals surface area contributed by atoms with Gasteiger partial charge in [0.05, 0.1) is 38.4 Å². The number of thiazole rings is 2. The highest BCUT2D eigenvalue weighted by Gasteiger charge is 2.30. The molecule has 0 bridgehead atoms. The van der Waals surface area contributed by atoms with Crippen molar-refractivity contribution in [3.63, 3.8) is 0 Å². The largest absolute Gasteiger partial charge is 0.338 e. The van der Waals surface area contributed by atoms with Crippen LogP contribution in [0, 0.1) is 27.3 Å². The summed E-state index contributed by atoms with van der Waals surface area (Å²) in [6.07, 6.45) is 3.35. The fourth-order valence-electron chi connectivity index (χ4n) is 8.06. The number of pyridine rings is 1. The van der Waals surface area contributed by atoms with Gasteiger partial charge in [0.2, 0.25) is 5.13 Å². The first-order valence-corrected chi connectivity index (χ1v) is 25.0. The van der Waals surface area contributed by atoms with Crippen LogP contribution in [-0.2, 0) is 31.1 Å². The van der Waals surface area contributed by atoms with E-state index in [2.05, 4.69) is 133 Å². The molecule has 4 heterocycles. The number of hydrogen-bond acceptors (Lipinski definition) is 10. The molecule has 0 amide bonds. The molecular formula is C54H64N10S2. The van der Waals surface area contributed by atoms with Crippen LogP contribution in [0.15, 0.2) is 89.1 Å². The fourth-order valence-corrected chi connectivity index (χ4v) is 9.96. The van der Waals surface area contributed by atoms with Crippen LogP contribution >= 0.6 is 22.7 Å². The van der Waals surface area contributed by atoms with Crippen LogP contribution in [0.3, 0.4) is 0 Å². The Bertz CT molecular complexity index is 2930. The Kier molecular flexibility index (Phi) is 15.9. The van der Waals surface area contributed by atoms with E-state index < -0.39 is 5.41 Å². The van der Waals surface area contributed by atoms with Gasteiger partial charge in [0.25, 0.3) is 5.69 Å². The van der Waals surface area contributed by atoms with Crippen LogP contribution in [0.5, 0.6) is 0 Å². The van der Waals surface area contributed by atoms with E-state index in [4.69, 9.17) is 36.9 Å². The van der Waals surface area contributed by atoms with Crippen LogP contribution in [0.4, 0.5) is 45.3 Å². The van der Waals surface area contributed by atoms with E-state index in [0.29, 0.717) is 33.8 Å². The highest BCUT2D eigenvalue weighted by Crippen LogP contribution is 2.47. The molecule has 0 atom stereocenters. The van der Waals surface area contributed by atoms with E-state index in [0.717, 1.165) is 74.0 Å². The number of hydrogen-bond donors (Lipinski definition) is 1. The quantitative estimate of drug-likeness (QED) is 0.0968. The summed E-state index contributed by atoms with van der Waals surface area (Å²) in [7, 11) is 0. The molecular weight excluding hydrogens is 853 g/mol. The average Bonchev–Trinajstić information content (AvgIpc) is 4.06. The molecule has 0 aliphatic carbocycles. The number of aryl methyl sites for hydroxylation is 7. The zero-order valence-electron chi connectivity index (χ0n) is 41.2. The number of anilines is 5. The summed E-state index contributed by atoms with van der Waals surface area (Å²) >= 11 is 3.16. The number of para-hydroxylation sites is 2. The van der Waals surface area contributed by atoms with Gasteiger partial charge in [-0.2, -0.15) is 9.78 Å². The lowest BCUT2D eigenvalue weighted by molar-refractivity contribution is 0.562. The van der Waals surface area contributed by atoms with Crippen molar-refractivity contribution in [3.05, 3.63) is 135 Å². The maximum absolute atomic E-state index is 8.39. The summed E-state index contributed by atoms with van der Waals surface area (Å²) in [5.41, 5.74) is 13.1. The molecule has 0 fully saturated rings. The minimum Gasteiger partial charge on any atom is -0.338 e. The van der Waals surface area contributed by atoms with Crippen molar-refractivity contribution in [1.82, 2.24) is 24.7 Å². The molecule has 0 aliphatic rings. The predicted octanol–water partition coefficient (Wildman–Crippen LogP) is 17.2. The molecule has 0 radical (unpaired) electrons. The molecule has 0 spiro atoms. The molecule has 4 aromatic carbocycles. The van der Waals surface area contributed by atoms with E-state index in [1.807, 2.05) is 58.0 Å². The van der Waals surface area contributed by atoms with Crippen LogP contribution < -0.4 is 10.2 Å². The van der Waals surface area contributed by atoms with Crippen molar-refractivity contribution in [3.8, 4) is 5.13 Å². The fraction of sp³-hybridized carbons (Fsp3) is 0.352. The molecule has 12 heteroatoms. The Labute approximate surface area is 399 Å². The summed E-state index contributed by atoms with van der Waals surface area (Å²) < 4.78 is 3.80.